The molecule has 1 saturated heterocycles. The smallest absolute Gasteiger partial charge is 0.251 e. The Kier molecular flexibility index (Phi) is 6.24. The van der Waals surface area contributed by atoms with Crippen molar-refractivity contribution in [3.8, 4) is 0 Å². The molecule has 0 aromatic heterocycles. The number of carbonyl (C=O) groups is 1. The molecule has 1 amide bonds. The number of halogens is 1. The molecule has 1 aliphatic heterocycles. The van der Waals surface area contributed by atoms with Crippen LogP contribution < -0.4 is 5.32 Å². The van der Waals surface area contributed by atoms with Crippen LogP contribution in [0.15, 0.2) is 24.3 Å². The fraction of sp³-hybridized carbons (Fsp3) is 0.588. The Labute approximate surface area is 136 Å². The van der Waals surface area contributed by atoms with Crippen molar-refractivity contribution in [2.24, 2.45) is 5.92 Å². The summed E-state index contributed by atoms with van der Waals surface area (Å²) in [6.07, 6.45) is 2.57. The zero-order valence-electron chi connectivity index (χ0n) is 12.9. The number of benzene rings is 1. The minimum atomic E-state index is 0.0361. The number of amides is 1. The Bertz CT molecular complexity index is 452. The van der Waals surface area contributed by atoms with E-state index in [1.54, 1.807) is 0 Å². The Hall–Kier alpha value is -0.870. The molecular weight excluding hydrogens is 328 g/mol. The van der Waals surface area contributed by atoms with Crippen LogP contribution in [0.2, 0.25) is 0 Å². The van der Waals surface area contributed by atoms with Gasteiger partial charge < -0.3 is 10.2 Å². The summed E-state index contributed by atoms with van der Waals surface area (Å²) in [5.41, 5.74) is 1.93. The predicted octanol–water partition coefficient (Wildman–Crippen LogP) is 3.43. The highest BCUT2D eigenvalue weighted by Gasteiger charge is 2.22. The van der Waals surface area contributed by atoms with E-state index < -0.39 is 0 Å². The van der Waals surface area contributed by atoms with Crippen LogP contribution in [0.4, 0.5) is 0 Å². The standard InChI is InChI=1S/C17H25BrN2O/c1-13(2)16(12-20-9-3-4-10-20)19-17(21)15-7-5-14(11-18)6-8-15/h5-8,13,16H,3-4,9-12H2,1-2H3,(H,19,21). The van der Waals surface area contributed by atoms with E-state index in [0.29, 0.717) is 5.92 Å². The molecule has 0 saturated carbocycles. The summed E-state index contributed by atoms with van der Waals surface area (Å²) >= 11 is 3.42. The van der Waals surface area contributed by atoms with E-state index in [0.717, 1.165) is 17.4 Å². The van der Waals surface area contributed by atoms with Crippen molar-refractivity contribution in [2.45, 2.75) is 38.1 Å². The van der Waals surface area contributed by atoms with Crippen molar-refractivity contribution in [1.82, 2.24) is 10.2 Å². The summed E-state index contributed by atoms with van der Waals surface area (Å²) in [6.45, 7) is 7.64. The molecule has 1 aliphatic rings. The first-order valence-electron chi connectivity index (χ1n) is 7.78. The molecule has 1 N–H and O–H groups in total. The lowest BCUT2D eigenvalue weighted by Gasteiger charge is -2.27. The lowest BCUT2D eigenvalue weighted by Crippen LogP contribution is -2.46. The van der Waals surface area contributed by atoms with Gasteiger partial charge in [0.2, 0.25) is 0 Å². The third-order valence-corrected chi connectivity index (χ3v) is 4.79. The summed E-state index contributed by atoms with van der Waals surface area (Å²) in [4.78, 5) is 14.8. The van der Waals surface area contributed by atoms with Gasteiger partial charge in [-0.3, -0.25) is 4.79 Å². The van der Waals surface area contributed by atoms with Crippen LogP contribution in [0.1, 0.15) is 42.6 Å². The van der Waals surface area contributed by atoms with Gasteiger partial charge in [-0.15, -0.1) is 0 Å². The quantitative estimate of drug-likeness (QED) is 0.795. The third-order valence-electron chi connectivity index (χ3n) is 4.15. The topological polar surface area (TPSA) is 32.3 Å². The average molecular weight is 353 g/mol. The van der Waals surface area contributed by atoms with Crippen molar-refractivity contribution < 1.29 is 4.79 Å². The normalized spacial score (nSPS) is 17.1. The fourth-order valence-electron chi connectivity index (χ4n) is 2.66. The lowest BCUT2D eigenvalue weighted by atomic mass is 10.0. The molecule has 4 heteroatoms. The molecule has 1 heterocycles. The summed E-state index contributed by atoms with van der Waals surface area (Å²) in [7, 11) is 0. The first-order valence-corrected chi connectivity index (χ1v) is 8.90. The van der Waals surface area contributed by atoms with Gasteiger partial charge in [-0.2, -0.15) is 0 Å². The maximum Gasteiger partial charge on any atom is 0.251 e. The van der Waals surface area contributed by atoms with E-state index in [2.05, 4.69) is 40.0 Å². The van der Waals surface area contributed by atoms with E-state index in [4.69, 9.17) is 0 Å². The zero-order chi connectivity index (χ0) is 15.2. The number of alkyl halides is 1. The Morgan fingerprint density at radius 3 is 2.38 bits per heavy atom. The SMILES string of the molecule is CC(C)C(CN1CCCC1)NC(=O)c1ccc(CBr)cc1. The van der Waals surface area contributed by atoms with Crippen LogP contribution in [-0.4, -0.2) is 36.5 Å². The Morgan fingerprint density at radius 2 is 1.86 bits per heavy atom. The van der Waals surface area contributed by atoms with E-state index in [1.807, 2.05) is 24.3 Å². The Balaban J connectivity index is 1.96. The van der Waals surface area contributed by atoms with Crippen LogP contribution in [0.25, 0.3) is 0 Å². The lowest BCUT2D eigenvalue weighted by molar-refractivity contribution is 0.0913. The second-order valence-corrected chi connectivity index (χ2v) is 6.72. The molecule has 2 rings (SSSR count). The molecular formula is C17H25BrN2O. The zero-order valence-corrected chi connectivity index (χ0v) is 14.5. The van der Waals surface area contributed by atoms with Gasteiger partial charge in [-0.05, 0) is 49.5 Å². The third kappa shape index (κ3) is 4.82. The number of carbonyl (C=O) groups excluding carboxylic acids is 1. The summed E-state index contributed by atoms with van der Waals surface area (Å²) < 4.78 is 0. The average Bonchev–Trinajstić information content (AvgIpc) is 2.99. The van der Waals surface area contributed by atoms with Crippen LogP contribution in [-0.2, 0) is 5.33 Å². The maximum atomic E-state index is 12.4. The molecule has 1 unspecified atom stereocenters. The largest absolute Gasteiger partial charge is 0.348 e. The van der Waals surface area contributed by atoms with Gasteiger partial charge in [0.05, 0.1) is 0 Å². The van der Waals surface area contributed by atoms with Gasteiger partial charge in [-0.1, -0.05) is 41.9 Å². The van der Waals surface area contributed by atoms with E-state index in [9.17, 15) is 4.79 Å². The number of nitrogens with one attached hydrogen (secondary N) is 1. The van der Waals surface area contributed by atoms with Gasteiger partial charge in [0.15, 0.2) is 0 Å². The summed E-state index contributed by atoms with van der Waals surface area (Å²) in [5.74, 6) is 0.477. The van der Waals surface area contributed by atoms with Crippen molar-refractivity contribution in [1.29, 1.82) is 0 Å². The van der Waals surface area contributed by atoms with Gasteiger partial charge in [0, 0.05) is 23.5 Å². The van der Waals surface area contributed by atoms with E-state index in [-0.39, 0.29) is 11.9 Å². The second-order valence-electron chi connectivity index (χ2n) is 6.16. The molecule has 1 aromatic rings. The van der Waals surface area contributed by atoms with Gasteiger partial charge in [0.1, 0.15) is 0 Å². The predicted molar refractivity (Wildman–Crippen MR) is 90.8 cm³/mol. The summed E-state index contributed by atoms with van der Waals surface area (Å²) in [6, 6.07) is 8.01. The maximum absolute atomic E-state index is 12.4. The van der Waals surface area contributed by atoms with Crippen molar-refractivity contribution in [2.75, 3.05) is 19.6 Å². The molecule has 21 heavy (non-hydrogen) atoms. The first-order chi connectivity index (χ1) is 10.1. The van der Waals surface area contributed by atoms with E-state index in [1.165, 1.54) is 31.5 Å². The number of hydrogen-bond donors (Lipinski definition) is 1. The molecule has 3 nitrogen and oxygen atoms in total. The minimum Gasteiger partial charge on any atom is -0.348 e. The minimum absolute atomic E-state index is 0.0361. The highest BCUT2D eigenvalue weighted by Crippen LogP contribution is 2.13. The molecule has 0 radical (unpaired) electrons. The molecule has 0 aliphatic carbocycles. The van der Waals surface area contributed by atoms with Crippen LogP contribution in [0, 0.1) is 5.92 Å². The van der Waals surface area contributed by atoms with Gasteiger partial charge in [0.25, 0.3) is 5.91 Å². The Morgan fingerprint density at radius 1 is 1.24 bits per heavy atom. The number of nitrogens with zero attached hydrogens (tertiary/aromatic N) is 1. The fourth-order valence-corrected chi connectivity index (χ4v) is 3.04. The highest BCUT2D eigenvalue weighted by molar-refractivity contribution is 9.08. The molecule has 116 valence electrons. The molecule has 1 atom stereocenters. The van der Waals surface area contributed by atoms with Crippen molar-refractivity contribution >= 4 is 21.8 Å². The van der Waals surface area contributed by atoms with Gasteiger partial charge >= 0.3 is 0 Å². The molecule has 1 fully saturated rings. The monoisotopic (exact) mass is 352 g/mol. The molecule has 1 aromatic carbocycles. The first kappa shape index (κ1) is 16.5. The van der Waals surface area contributed by atoms with Crippen molar-refractivity contribution in [3.63, 3.8) is 0 Å². The van der Waals surface area contributed by atoms with E-state index >= 15 is 0 Å². The molecule has 0 spiro atoms. The van der Waals surface area contributed by atoms with Crippen LogP contribution in [0.3, 0.4) is 0 Å². The second kappa shape index (κ2) is 7.95. The number of hydrogen-bond acceptors (Lipinski definition) is 2. The van der Waals surface area contributed by atoms with Crippen LogP contribution >= 0.6 is 15.9 Å². The number of likely N-dealkylation sites (tertiary alicyclic amines) is 1. The van der Waals surface area contributed by atoms with Gasteiger partial charge in [-0.25, -0.2) is 0 Å². The highest BCUT2D eigenvalue weighted by atomic mass is 79.9. The summed E-state index contributed by atoms with van der Waals surface area (Å²) in [5, 5.41) is 4.02. The number of rotatable bonds is 6. The molecule has 0 bridgehead atoms. The van der Waals surface area contributed by atoms with Crippen molar-refractivity contribution in [3.05, 3.63) is 35.4 Å². The van der Waals surface area contributed by atoms with Crippen LogP contribution in [0.5, 0.6) is 0 Å².